The fourth-order valence-electron chi connectivity index (χ4n) is 2.64. The summed E-state index contributed by atoms with van der Waals surface area (Å²) in [7, 11) is 0. The van der Waals surface area contributed by atoms with E-state index in [9.17, 15) is 36.2 Å². The van der Waals surface area contributed by atoms with Crippen molar-refractivity contribution in [1.29, 1.82) is 0 Å². The summed E-state index contributed by atoms with van der Waals surface area (Å²) in [4.78, 5) is 12.0. The van der Waals surface area contributed by atoms with Gasteiger partial charge in [-0.3, -0.25) is 0 Å². The van der Waals surface area contributed by atoms with Crippen LogP contribution in [0.4, 0.5) is 31.1 Å². The molecule has 0 heterocycles. The van der Waals surface area contributed by atoms with Gasteiger partial charge in [0, 0.05) is 0 Å². The van der Waals surface area contributed by atoms with Gasteiger partial charge in [-0.25, -0.2) is 4.79 Å². The molecule has 10 heteroatoms. The maximum Gasteiger partial charge on any atom is 0.416 e. The Hall–Kier alpha value is -2.75. The molecule has 0 fully saturated rings. The van der Waals surface area contributed by atoms with Gasteiger partial charge in [0.05, 0.1) is 16.7 Å². The SMILES string of the molecule is CC(C)(NC(=O)OCc1ccccc1)C(O)c1cc(C(F)(F)F)cc(C(F)(F)F)c1. The van der Waals surface area contributed by atoms with E-state index in [1.165, 1.54) is 13.8 Å². The Labute approximate surface area is 168 Å². The minimum atomic E-state index is -5.05. The molecule has 0 aliphatic rings. The molecule has 0 saturated carbocycles. The standard InChI is InChI=1S/C20H19F6NO3/c1-18(2,27-17(29)30-11-12-6-4-3-5-7-12)16(28)13-8-14(19(21,22)23)10-15(9-13)20(24,25)26/h3-10,16,28H,11H2,1-2H3,(H,27,29). The van der Waals surface area contributed by atoms with Crippen LogP contribution in [0.25, 0.3) is 0 Å². The average Bonchev–Trinajstić information content (AvgIpc) is 2.64. The van der Waals surface area contributed by atoms with Crippen LogP contribution in [0, 0.1) is 0 Å². The van der Waals surface area contributed by atoms with Crippen molar-refractivity contribution in [1.82, 2.24) is 5.32 Å². The number of benzene rings is 2. The molecule has 0 radical (unpaired) electrons. The van der Waals surface area contributed by atoms with Gasteiger partial charge in [-0.1, -0.05) is 30.3 Å². The van der Waals surface area contributed by atoms with Crippen molar-refractivity contribution >= 4 is 6.09 Å². The van der Waals surface area contributed by atoms with E-state index in [1.807, 2.05) is 0 Å². The van der Waals surface area contributed by atoms with E-state index in [0.717, 1.165) is 0 Å². The number of aliphatic hydroxyl groups excluding tert-OH is 1. The number of aliphatic hydroxyl groups is 1. The third-order valence-corrected chi connectivity index (χ3v) is 4.25. The minimum absolute atomic E-state index is 0.0369. The normalized spacial score (nSPS) is 13.6. The van der Waals surface area contributed by atoms with Crippen molar-refractivity contribution in [3.63, 3.8) is 0 Å². The van der Waals surface area contributed by atoms with Crippen LogP contribution in [0.5, 0.6) is 0 Å². The Morgan fingerprint density at radius 1 is 0.967 bits per heavy atom. The maximum atomic E-state index is 13.0. The topological polar surface area (TPSA) is 58.6 Å². The number of halogens is 6. The van der Waals surface area contributed by atoms with E-state index < -0.39 is 46.8 Å². The van der Waals surface area contributed by atoms with Crippen LogP contribution in [0.15, 0.2) is 48.5 Å². The zero-order valence-electron chi connectivity index (χ0n) is 15.9. The highest BCUT2D eigenvalue weighted by Gasteiger charge is 2.39. The molecule has 2 N–H and O–H groups in total. The van der Waals surface area contributed by atoms with Crippen LogP contribution in [0.3, 0.4) is 0 Å². The molecule has 2 aromatic carbocycles. The fraction of sp³-hybridized carbons (Fsp3) is 0.350. The Balaban J connectivity index is 2.22. The summed E-state index contributed by atoms with van der Waals surface area (Å²) < 4.78 is 83.2. The van der Waals surface area contributed by atoms with Crippen LogP contribution in [0.2, 0.25) is 0 Å². The molecule has 0 aliphatic heterocycles. The predicted molar refractivity (Wildman–Crippen MR) is 95.2 cm³/mol. The summed E-state index contributed by atoms with van der Waals surface area (Å²) >= 11 is 0. The van der Waals surface area contributed by atoms with E-state index in [1.54, 1.807) is 30.3 Å². The molecule has 1 amide bonds. The lowest BCUT2D eigenvalue weighted by Gasteiger charge is -2.32. The fourth-order valence-corrected chi connectivity index (χ4v) is 2.64. The third kappa shape index (κ3) is 6.12. The third-order valence-electron chi connectivity index (χ3n) is 4.25. The molecule has 164 valence electrons. The Bertz CT molecular complexity index is 846. The van der Waals surface area contributed by atoms with E-state index >= 15 is 0 Å². The number of hydrogen-bond acceptors (Lipinski definition) is 3. The number of hydrogen-bond donors (Lipinski definition) is 2. The first-order valence-corrected chi connectivity index (χ1v) is 8.66. The summed E-state index contributed by atoms with van der Waals surface area (Å²) in [6.45, 7) is 2.38. The van der Waals surface area contributed by atoms with Crippen molar-refractivity contribution in [3.8, 4) is 0 Å². The van der Waals surface area contributed by atoms with Crippen LogP contribution >= 0.6 is 0 Å². The summed E-state index contributed by atoms with van der Waals surface area (Å²) in [5.74, 6) is 0. The van der Waals surface area contributed by atoms with Gasteiger partial charge < -0.3 is 15.2 Å². The van der Waals surface area contributed by atoms with Crippen molar-refractivity contribution in [2.75, 3.05) is 0 Å². The van der Waals surface area contributed by atoms with Crippen molar-refractivity contribution in [2.24, 2.45) is 0 Å². The first-order valence-electron chi connectivity index (χ1n) is 8.66. The highest BCUT2D eigenvalue weighted by Crippen LogP contribution is 2.39. The van der Waals surface area contributed by atoms with E-state index in [4.69, 9.17) is 4.74 Å². The second-order valence-corrected chi connectivity index (χ2v) is 7.15. The molecule has 0 aromatic heterocycles. The second-order valence-electron chi connectivity index (χ2n) is 7.15. The molecule has 2 aromatic rings. The lowest BCUT2D eigenvalue weighted by molar-refractivity contribution is -0.143. The van der Waals surface area contributed by atoms with Crippen molar-refractivity contribution in [2.45, 2.75) is 44.4 Å². The van der Waals surface area contributed by atoms with E-state index in [2.05, 4.69) is 5.32 Å². The number of ether oxygens (including phenoxy) is 1. The van der Waals surface area contributed by atoms with Crippen LogP contribution in [-0.2, 0) is 23.7 Å². The molecular weight excluding hydrogens is 416 g/mol. The first kappa shape index (κ1) is 23.5. The highest BCUT2D eigenvalue weighted by atomic mass is 19.4. The minimum Gasteiger partial charge on any atom is -0.445 e. The predicted octanol–water partition coefficient (Wildman–Crippen LogP) is 5.46. The summed E-state index contributed by atoms with van der Waals surface area (Å²) in [5.41, 5.74) is -4.74. The Kier molecular flexibility index (Phi) is 6.70. The molecule has 4 nitrogen and oxygen atoms in total. The van der Waals surface area contributed by atoms with Crippen LogP contribution in [-0.4, -0.2) is 16.7 Å². The lowest BCUT2D eigenvalue weighted by atomic mass is 9.89. The Morgan fingerprint density at radius 3 is 1.93 bits per heavy atom. The number of alkyl carbamates (subject to hydrolysis) is 1. The highest BCUT2D eigenvalue weighted by molar-refractivity contribution is 5.68. The molecule has 0 bridgehead atoms. The average molecular weight is 435 g/mol. The van der Waals surface area contributed by atoms with Crippen LogP contribution < -0.4 is 5.32 Å². The van der Waals surface area contributed by atoms with Crippen LogP contribution in [0.1, 0.15) is 42.2 Å². The number of rotatable bonds is 5. The molecule has 2 rings (SSSR count). The zero-order valence-corrected chi connectivity index (χ0v) is 15.9. The summed E-state index contributed by atoms with van der Waals surface area (Å²) in [5, 5.41) is 12.7. The van der Waals surface area contributed by atoms with Gasteiger partial charge in [0.15, 0.2) is 0 Å². The second kappa shape index (κ2) is 8.55. The van der Waals surface area contributed by atoms with E-state index in [-0.39, 0.29) is 12.7 Å². The van der Waals surface area contributed by atoms with E-state index in [0.29, 0.717) is 17.7 Å². The molecular formula is C20H19F6NO3. The smallest absolute Gasteiger partial charge is 0.416 e. The van der Waals surface area contributed by atoms with Gasteiger partial charge in [0.25, 0.3) is 0 Å². The van der Waals surface area contributed by atoms with Gasteiger partial charge >= 0.3 is 18.4 Å². The largest absolute Gasteiger partial charge is 0.445 e. The first-order chi connectivity index (χ1) is 13.7. The number of amides is 1. The van der Waals surface area contributed by atoms with Crippen molar-refractivity contribution < 1.29 is 41.0 Å². The lowest BCUT2D eigenvalue weighted by Crippen LogP contribution is -2.48. The molecule has 0 spiro atoms. The zero-order chi connectivity index (χ0) is 22.7. The maximum absolute atomic E-state index is 13.0. The van der Waals surface area contributed by atoms with Crippen molar-refractivity contribution in [3.05, 3.63) is 70.8 Å². The quantitative estimate of drug-likeness (QED) is 0.613. The van der Waals surface area contributed by atoms with Gasteiger partial charge in [-0.05, 0) is 43.2 Å². The summed E-state index contributed by atoms with van der Waals surface area (Å²) in [6, 6.07) is 9.37. The molecule has 1 unspecified atom stereocenters. The molecule has 30 heavy (non-hydrogen) atoms. The van der Waals surface area contributed by atoms with Gasteiger partial charge in [-0.2, -0.15) is 26.3 Å². The number of carbonyl (C=O) groups is 1. The number of nitrogens with one attached hydrogen (secondary N) is 1. The molecule has 0 aliphatic carbocycles. The van der Waals surface area contributed by atoms with Gasteiger partial charge in [0.1, 0.15) is 12.7 Å². The van der Waals surface area contributed by atoms with Gasteiger partial charge in [0.2, 0.25) is 0 Å². The number of alkyl halides is 6. The number of carbonyl (C=O) groups excluding carboxylic acids is 1. The molecule has 0 saturated heterocycles. The Morgan fingerprint density at radius 2 is 1.47 bits per heavy atom. The summed E-state index contributed by atoms with van der Waals surface area (Å²) in [6.07, 6.45) is -13.0. The van der Waals surface area contributed by atoms with Gasteiger partial charge in [-0.15, -0.1) is 0 Å². The molecule has 1 atom stereocenters. The monoisotopic (exact) mass is 435 g/mol.